The number of rotatable bonds is 2. The third-order valence-electron chi connectivity index (χ3n) is 2.32. The maximum atomic E-state index is 11.2. The van der Waals surface area contributed by atoms with Gasteiger partial charge >= 0.3 is 5.97 Å². The first-order chi connectivity index (χ1) is 8.09. The Morgan fingerprint density at radius 1 is 1.24 bits per heavy atom. The fourth-order valence-corrected chi connectivity index (χ4v) is 1.81. The molecule has 86 valence electrons. The summed E-state index contributed by atoms with van der Waals surface area (Å²) >= 11 is 5.76. The van der Waals surface area contributed by atoms with Gasteiger partial charge in [0, 0.05) is 5.56 Å². The van der Waals surface area contributed by atoms with E-state index >= 15 is 0 Å². The average molecular weight is 249 g/mol. The minimum atomic E-state index is -1.06. The SMILES string of the molecule is Cc1nc(Cl)nc(-c2ccccc2)c1C(=O)O. The maximum Gasteiger partial charge on any atom is 0.339 e. The molecule has 0 spiro atoms. The molecule has 17 heavy (non-hydrogen) atoms. The molecule has 0 aliphatic rings. The summed E-state index contributed by atoms with van der Waals surface area (Å²) in [6.45, 7) is 1.60. The number of aromatic carboxylic acids is 1. The molecule has 0 unspecified atom stereocenters. The number of hydrogen-bond donors (Lipinski definition) is 1. The molecule has 2 rings (SSSR count). The molecule has 5 heteroatoms. The van der Waals surface area contributed by atoms with E-state index in [4.69, 9.17) is 11.6 Å². The second kappa shape index (κ2) is 4.51. The van der Waals surface area contributed by atoms with E-state index < -0.39 is 5.97 Å². The Kier molecular flexibility index (Phi) is 3.06. The first-order valence-electron chi connectivity index (χ1n) is 4.92. The molecule has 0 radical (unpaired) electrons. The van der Waals surface area contributed by atoms with E-state index in [9.17, 15) is 9.90 Å². The number of benzene rings is 1. The van der Waals surface area contributed by atoms with Gasteiger partial charge in [-0.05, 0) is 18.5 Å². The molecular weight excluding hydrogens is 240 g/mol. The monoisotopic (exact) mass is 248 g/mol. The molecule has 4 nitrogen and oxygen atoms in total. The zero-order valence-electron chi connectivity index (χ0n) is 9.01. The van der Waals surface area contributed by atoms with Crippen LogP contribution in [0.3, 0.4) is 0 Å². The third-order valence-corrected chi connectivity index (χ3v) is 2.49. The number of hydrogen-bond acceptors (Lipinski definition) is 3. The first-order valence-corrected chi connectivity index (χ1v) is 5.30. The van der Waals surface area contributed by atoms with Gasteiger partial charge in [-0.2, -0.15) is 0 Å². The Labute approximate surface area is 103 Å². The number of carboxylic acids is 1. The van der Waals surface area contributed by atoms with Crippen molar-refractivity contribution in [3.8, 4) is 11.3 Å². The Morgan fingerprint density at radius 2 is 1.88 bits per heavy atom. The molecule has 0 bridgehead atoms. The van der Waals surface area contributed by atoms with Crippen LogP contribution in [-0.2, 0) is 0 Å². The minimum Gasteiger partial charge on any atom is -0.478 e. The van der Waals surface area contributed by atoms with Crippen molar-refractivity contribution >= 4 is 17.6 Å². The van der Waals surface area contributed by atoms with Gasteiger partial charge < -0.3 is 5.11 Å². The highest BCUT2D eigenvalue weighted by molar-refractivity contribution is 6.28. The Morgan fingerprint density at radius 3 is 2.47 bits per heavy atom. The lowest BCUT2D eigenvalue weighted by Gasteiger charge is -2.07. The van der Waals surface area contributed by atoms with Crippen molar-refractivity contribution in [3.05, 3.63) is 46.9 Å². The van der Waals surface area contributed by atoms with Crippen LogP contribution in [0.25, 0.3) is 11.3 Å². The highest BCUT2D eigenvalue weighted by atomic mass is 35.5. The van der Waals surface area contributed by atoms with Crippen LogP contribution >= 0.6 is 11.6 Å². The van der Waals surface area contributed by atoms with E-state index in [1.54, 1.807) is 19.1 Å². The summed E-state index contributed by atoms with van der Waals surface area (Å²) in [4.78, 5) is 19.1. The molecule has 0 fully saturated rings. The summed E-state index contributed by atoms with van der Waals surface area (Å²) in [6.07, 6.45) is 0. The molecule has 0 saturated carbocycles. The Balaban J connectivity index is 2.72. The fourth-order valence-electron chi connectivity index (χ4n) is 1.60. The predicted octanol–water partition coefficient (Wildman–Crippen LogP) is 2.80. The van der Waals surface area contributed by atoms with Gasteiger partial charge in [0.15, 0.2) is 0 Å². The van der Waals surface area contributed by atoms with E-state index in [1.807, 2.05) is 18.2 Å². The lowest BCUT2D eigenvalue weighted by Crippen LogP contribution is -2.07. The molecule has 0 atom stereocenters. The van der Waals surface area contributed by atoms with E-state index in [1.165, 1.54) is 0 Å². The molecule has 1 N–H and O–H groups in total. The molecule has 1 aromatic carbocycles. The van der Waals surface area contributed by atoms with Crippen molar-refractivity contribution in [1.29, 1.82) is 0 Å². The average Bonchev–Trinajstić information content (AvgIpc) is 2.28. The molecule has 1 heterocycles. The molecule has 0 aliphatic heterocycles. The smallest absolute Gasteiger partial charge is 0.339 e. The number of aryl methyl sites for hydroxylation is 1. The van der Waals surface area contributed by atoms with E-state index in [0.29, 0.717) is 17.0 Å². The van der Waals surface area contributed by atoms with Crippen molar-refractivity contribution in [3.63, 3.8) is 0 Å². The van der Waals surface area contributed by atoms with Crippen LogP contribution in [0, 0.1) is 6.92 Å². The Hall–Kier alpha value is -1.94. The molecular formula is C12H9ClN2O2. The lowest BCUT2D eigenvalue weighted by atomic mass is 10.1. The van der Waals surface area contributed by atoms with Crippen LogP contribution in [0.4, 0.5) is 0 Å². The second-order valence-corrected chi connectivity index (χ2v) is 3.81. The third kappa shape index (κ3) is 2.26. The summed E-state index contributed by atoms with van der Waals surface area (Å²) in [7, 11) is 0. The second-order valence-electron chi connectivity index (χ2n) is 3.47. The summed E-state index contributed by atoms with van der Waals surface area (Å²) < 4.78 is 0. The van der Waals surface area contributed by atoms with Gasteiger partial charge in [0.25, 0.3) is 0 Å². The molecule has 0 aliphatic carbocycles. The van der Waals surface area contributed by atoms with E-state index in [0.717, 1.165) is 0 Å². The van der Waals surface area contributed by atoms with Crippen molar-refractivity contribution in [2.75, 3.05) is 0 Å². The standard InChI is InChI=1S/C12H9ClN2O2/c1-7-9(11(16)17)10(15-12(13)14-7)8-5-3-2-4-6-8/h2-6H,1H3,(H,16,17). The largest absolute Gasteiger partial charge is 0.478 e. The van der Waals surface area contributed by atoms with Crippen LogP contribution in [0.2, 0.25) is 5.28 Å². The van der Waals surface area contributed by atoms with Crippen LogP contribution in [0.1, 0.15) is 16.1 Å². The zero-order valence-corrected chi connectivity index (χ0v) is 9.77. The molecule has 1 aromatic heterocycles. The summed E-state index contributed by atoms with van der Waals surface area (Å²) in [6, 6.07) is 9.04. The quantitative estimate of drug-likeness (QED) is 0.830. The summed E-state index contributed by atoms with van der Waals surface area (Å²) in [5.74, 6) is -1.06. The van der Waals surface area contributed by atoms with Crippen molar-refractivity contribution in [1.82, 2.24) is 9.97 Å². The summed E-state index contributed by atoms with van der Waals surface area (Å²) in [5.41, 5.74) is 1.49. The lowest BCUT2D eigenvalue weighted by molar-refractivity contribution is 0.0696. The topological polar surface area (TPSA) is 63.1 Å². The van der Waals surface area contributed by atoms with Gasteiger partial charge in [-0.3, -0.25) is 0 Å². The van der Waals surface area contributed by atoms with E-state index in [-0.39, 0.29) is 10.8 Å². The molecule has 2 aromatic rings. The van der Waals surface area contributed by atoms with Gasteiger partial charge in [-0.1, -0.05) is 30.3 Å². The Bertz CT molecular complexity index is 570. The zero-order chi connectivity index (χ0) is 12.4. The van der Waals surface area contributed by atoms with E-state index in [2.05, 4.69) is 9.97 Å². The van der Waals surface area contributed by atoms with Gasteiger partial charge in [-0.15, -0.1) is 0 Å². The van der Waals surface area contributed by atoms with Gasteiger partial charge in [0.2, 0.25) is 5.28 Å². The highest BCUT2D eigenvalue weighted by Crippen LogP contribution is 2.24. The van der Waals surface area contributed by atoms with Crippen LogP contribution in [0.5, 0.6) is 0 Å². The number of aromatic nitrogens is 2. The van der Waals surface area contributed by atoms with Crippen LogP contribution in [-0.4, -0.2) is 21.0 Å². The fraction of sp³-hybridized carbons (Fsp3) is 0.0833. The van der Waals surface area contributed by atoms with Gasteiger partial charge in [0.05, 0.1) is 11.4 Å². The summed E-state index contributed by atoms with van der Waals surface area (Å²) in [5, 5.41) is 9.22. The van der Waals surface area contributed by atoms with Crippen molar-refractivity contribution in [2.45, 2.75) is 6.92 Å². The highest BCUT2D eigenvalue weighted by Gasteiger charge is 2.18. The predicted molar refractivity (Wildman–Crippen MR) is 64.2 cm³/mol. The minimum absolute atomic E-state index is 0.0475. The molecule has 0 amide bonds. The molecule has 0 saturated heterocycles. The van der Waals surface area contributed by atoms with Gasteiger partial charge in [0.1, 0.15) is 5.56 Å². The normalized spacial score (nSPS) is 10.2. The number of nitrogens with zero attached hydrogens (tertiary/aromatic N) is 2. The van der Waals surface area contributed by atoms with Crippen LogP contribution < -0.4 is 0 Å². The number of carbonyl (C=O) groups is 1. The first kappa shape index (κ1) is 11.5. The van der Waals surface area contributed by atoms with Crippen molar-refractivity contribution < 1.29 is 9.90 Å². The maximum absolute atomic E-state index is 11.2. The number of carboxylic acid groups (broad SMARTS) is 1. The van der Waals surface area contributed by atoms with Crippen molar-refractivity contribution in [2.24, 2.45) is 0 Å². The number of halogens is 1. The van der Waals surface area contributed by atoms with Crippen LogP contribution in [0.15, 0.2) is 30.3 Å². The van der Waals surface area contributed by atoms with Gasteiger partial charge in [-0.25, -0.2) is 14.8 Å².